The van der Waals surface area contributed by atoms with Gasteiger partial charge in [0.2, 0.25) is 0 Å². The van der Waals surface area contributed by atoms with Crippen LogP contribution in [0.15, 0.2) is 11.6 Å². The number of rotatable bonds is 9. The van der Waals surface area contributed by atoms with Gasteiger partial charge in [-0.05, 0) is 45.4 Å². The Morgan fingerprint density at radius 1 is 1.19 bits per heavy atom. The third-order valence-corrected chi connectivity index (χ3v) is 3.20. The summed E-state index contributed by atoms with van der Waals surface area (Å²) in [4.78, 5) is 10.7. The smallest absolute Gasteiger partial charge is 0.123 e. The van der Waals surface area contributed by atoms with Gasteiger partial charge in [0.1, 0.15) is 6.29 Å². The van der Waals surface area contributed by atoms with Gasteiger partial charge in [0, 0.05) is 5.92 Å². The van der Waals surface area contributed by atoms with Gasteiger partial charge in [0.25, 0.3) is 0 Å². The fourth-order valence-electron chi connectivity index (χ4n) is 1.90. The van der Waals surface area contributed by atoms with Crippen LogP contribution < -0.4 is 0 Å². The van der Waals surface area contributed by atoms with Crippen molar-refractivity contribution in [3.8, 4) is 0 Å². The van der Waals surface area contributed by atoms with Crippen molar-refractivity contribution in [2.24, 2.45) is 11.8 Å². The molecule has 94 valence electrons. The molecule has 0 rings (SSSR count). The molecular formula is C15H28O. The zero-order chi connectivity index (χ0) is 12.4. The lowest BCUT2D eigenvalue weighted by atomic mass is 9.94. The van der Waals surface area contributed by atoms with Crippen LogP contribution >= 0.6 is 0 Å². The Hall–Kier alpha value is -0.590. The van der Waals surface area contributed by atoms with Crippen molar-refractivity contribution in [3.63, 3.8) is 0 Å². The van der Waals surface area contributed by atoms with E-state index >= 15 is 0 Å². The maximum Gasteiger partial charge on any atom is 0.123 e. The molecule has 0 amide bonds. The molecule has 0 aromatic carbocycles. The SMILES string of the molecule is CCC(C=O)CCCC(C)CCC=C(C)C. The number of aldehydes is 1. The minimum absolute atomic E-state index is 0.296. The van der Waals surface area contributed by atoms with Crippen molar-refractivity contribution in [1.29, 1.82) is 0 Å². The standard InChI is InChI=1S/C15H28O/c1-5-15(12-16)11-7-10-14(4)9-6-8-13(2)3/h8,12,14-15H,5-7,9-11H2,1-4H3. The summed E-state index contributed by atoms with van der Waals surface area (Å²) in [6.45, 7) is 8.72. The third-order valence-electron chi connectivity index (χ3n) is 3.20. The van der Waals surface area contributed by atoms with E-state index in [9.17, 15) is 4.79 Å². The van der Waals surface area contributed by atoms with Gasteiger partial charge in [-0.25, -0.2) is 0 Å². The van der Waals surface area contributed by atoms with Crippen molar-refractivity contribution in [2.45, 2.75) is 66.2 Å². The van der Waals surface area contributed by atoms with E-state index in [1.165, 1.54) is 31.3 Å². The Morgan fingerprint density at radius 3 is 2.38 bits per heavy atom. The van der Waals surface area contributed by atoms with Gasteiger partial charge in [-0.2, -0.15) is 0 Å². The molecule has 0 heterocycles. The molecule has 16 heavy (non-hydrogen) atoms. The molecule has 0 saturated carbocycles. The van der Waals surface area contributed by atoms with E-state index in [4.69, 9.17) is 0 Å². The Balaban J connectivity index is 3.53. The Morgan fingerprint density at radius 2 is 1.88 bits per heavy atom. The second-order valence-electron chi connectivity index (χ2n) is 5.20. The summed E-state index contributed by atoms with van der Waals surface area (Å²) in [5.74, 6) is 1.09. The van der Waals surface area contributed by atoms with E-state index < -0.39 is 0 Å². The molecule has 0 aromatic heterocycles. The molecule has 0 aliphatic carbocycles. The average Bonchev–Trinajstić information content (AvgIpc) is 2.24. The lowest BCUT2D eigenvalue weighted by Gasteiger charge is -2.11. The van der Waals surface area contributed by atoms with Crippen LogP contribution in [0.25, 0.3) is 0 Å². The van der Waals surface area contributed by atoms with Crippen LogP contribution in [0.1, 0.15) is 66.2 Å². The first kappa shape index (κ1) is 15.4. The predicted octanol–water partition coefficient (Wildman–Crippen LogP) is 4.76. The maximum atomic E-state index is 10.7. The number of hydrogen-bond acceptors (Lipinski definition) is 1. The van der Waals surface area contributed by atoms with E-state index in [0.717, 1.165) is 25.0 Å². The van der Waals surface area contributed by atoms with Crippen molar-refractivity contribution in [1.82, 2.24) is 0 Å². The lowest BCUT2D eigenvalue weighted by molar-refractivity contribution is -0.111. The van der Waals surface area contributed by atoms with E-state index in [0.29, 0.717) is 5.92 Å². The number of carbonyl (C=O) groups excluding carboxylic acids is 1. The quantitative estimate of drug-likeness (QED) is 0.407. The summed E-state index contributed by atoms with van der Waals surface area (Å²) < 4.78 is 0. The average molecular weight is 224 g/mol. The Kier molecular flexibility index (Phi) is 9.27. The molecule has 1 nitrogen and oxygen atoms in total. The lowest BCUT2D eigenvalue weighted by Crippen LogP contribution is -2.02. The maximum absolute atomic E-state index is 10.7. The van der Waals surface area contributed by atoms with Crippen molar-refractivity contribution in [2.75, 3.05) is 0 Å². The zero-order valence-corrected chi connectivity index (χ0v) is 11.5. The molecular weight excluding hydrogens is 196 g/mol. The summed E-state index contributed by atoms with van der Waals surface area (Å²) >= 11 is 0. The topological polar surface area (TPSA) is 17.1 Å². The molecule has 0 radical (unpaired) electrons. The van der Waals surface area contributed by atoms with Crippen molar-refractivity contribution in [3.05, 3.63) is 11.6 Å². The van der Waals surface area contributed by atoms with Crippen LogP contribution in [0.5, 0.6) is 0 Å². The first-order chi connectivity index (χ1) is 7.60. The molecule has 0 bridgehead atoms. The van der Waals surface area contributed by atoms with Gasteiger partial charge in [0.15, 0.2) is 0 Å². The van der Waals surface area contributed by atoms with E-state index in [1.807, 2.05) is 0 Å². The minimum atomic E-state index is 0.296. The highest BCUT2D eigenvalue weighted by molar-refractivity contribution is 5.53. The van der Waals surface area contributed by atoms with Crippen LogP contribution in [-0.2, 0) is 4.79 Å². The van der Waals surface area contributed by atoms with E-state index in [2.05, 4.69) is 33.8 Å². The molecule has 0 aromatic rings. The summed E-state index contributed by atoms with van der Waals surface area (Å²) in [7, 11) is 0. The highest BCUT2D eigenvalue weighted by Crippen LogP contribution is 2.18. The van der Waals surface area contributed by atoms with E-state index in [1.54, 1.807) is 0 Å². The largest absolute Gasteiger partial charge is 0.303 e. The molecule has 0 aliphatic heterocycles. The normalized spacial score (nSPS) is 14.2. The van der Waals surface area contributed by atoms with Gasteiger partial charge >= 0.3 is 0 Å². The first-order valence-corrected chi connectivity index (χ1v) is 6.68. The second kappa shape index (κ2) is 9.62. The molecule has 0 spiro atoms. The predicted molar refractivity (Wildman–Crippen MR) is 71.5 cm³/mol. The summed E-state index contributed by atoms with van der Waals surface area (Å²) in [6, 6.07) is 0. The van der Waals surface area contributed by atoms with Gasteiger partial charge in [-0.15, -0.1) is 0 Å². The monoisotopic (exact) mass is 224 g/mol. The summed E-state index contributed by atoms with van der Waals surface area (Å²) in [5.41, 5.74) is 1.42. The molecule has 0 fully saturated rings. The van der Waals surface area contributed by atoms with Gasteiger partial charge in [-0.1, -0.05) is 38.3 Å². The van der Waals surface area contributed by atoms with Crippen LogP contribution in [0, 0.1) is 11.8 Å². The Bertz CT molecular complexity index is 201. The molecule has 2 atom stereocenters. The summed E-state index contributed by atoms with van der Waals surface area (Å²) in [6.07, 6.45) is 10.5. The van der Waals surface area contributed by atoms with Gasteiger partial charge in [0.05, 0.1) is 0 Å². The third kappa shape index (κ3) is 8.70. The zero-order valence-electron chi connectivity index (χ0n) is 11.5. The summed E-state index contributed by atoms with van der Waals surface area (Å²) in [5, 5.41) is 0. The van der Waals surface area contributed by atoms with Crippen LogP contribution in [0.2, 0.25) is 0 Å². The van der Waals surface area contributed by atoms with Crippen LogP contribution in [-0.4, -0.2) is 6.29 Å². The number of carbonyl (C=O) groups is 1. The van der Waals surface area contributed by atoms with Crippen LogP contribution in [0.4, 0.5) is 0 Å². The second-order valence-corrected chi connectivity index (χ2v) is 5.20. The van der Waals surface area contributed by atoms with Gasteiger partial charge in [-0.3, -0.25) is 0 Å². The molecule has 0 saturated heterocycles. The van der Waals surface area contributed by atoms with Gasteiger partial charge < -0.3 is 4.79 Å². The number of allylic oxidation sites excluding steroid dienone is 2. The molecule has 2 unspecified atom stereocenters. The fraction of sp³-hybridized carbons (Fsp3) is 0.800. The highest BCUT2D eigenvalue weighted by atomic mass is 16.1. The van der Waals surface area contributed by atoms with Crippen LogP contribution in [0.3, 0.4) is 0 Å². The van der Waals surface area contributed by atoms with Crippen molar-refractivity contribution < 1.29 is 4.79 Å². The highest BCUT2D eigenvalue weighted by Gasteiger charge is 2.06. The van der Waals surface area contributed by atoms with Crippen molar-refractivity contribution >= 4 is 6.29 Å². The molecule has 0 N–H and O–H groups in total. The fourth-order valence-corrected chi connectivity index (χ4v) is 1.90. The minimum Gasteiger partial charge on any atom is -0.303 e. The Labute approximate surface area is 101 Å². The molecule has 1 heteroatoms. The first-order valence-electron chi connectivity index (χ1n) is 6.68. The van der Waals surface area contributed by atoms with E-state index in [-0.39, 0.29) is 0 Å². The molecule has 0 aliphatic rings. The number of hydrogen-bond donors (Lipinski definition) is 0.